The molecule has 5 heteroatoms. The Morgan fingerprint density at radius 1 is 1.44 bits per heavy atom. The number of carbonyl (C=O) groups is 1. The lowest BCUT2D eigenvalue weighted by Crippen LogP contribution is -2.16. The van der Waals surface area contributed by atoms with Crippen molar-refractivity contribution in [3.05, 3.63) is 40.5 Å². The molecule has 2 N–H and O–H groups in total. The molecule has 1 aromatic carbocycles. The molecule has 1 aromatic rings. The number of amides is 1. The summed E-state index contributed by atoms with van der Waals surface area (Å²) in [7, 11) is 0. The van der Waals surface area contributed by atoms with E-state index in [9.17, 15) is 4.79 Å². The molecule has 1 amide bonds. The maximum atomic E-state index is 11.8. The predicted molar refractivity (Wildman–Crippen MR) is 74.8 cm³/mol. The number of halogens is 1. The van der Waals surface area contributed by atoms with Gasteiger partial charge in [-0.25, -0.2) is 0 Å². The number of carbonyl (C=O) groups excluding carboxylic acids is 1. The van der Waals surface area contributed by atoms with Crippen LogP contribution in [0.5, 0.6) is 0 Å². The fourth-order valence-electron chi connectivity index (χ4n) is 1.20. The lowest BCUT2D eigenvalue weighted by Gasteiger charge is -2.04. The summed E-state index contributed by atoms with van der Waals surface area (Å²) in [6.45, 7) is 2.74. The summed E-state index contributed by atoms with van der Waals surface area (Å²) in [4.78, 5) is 11.8. The molecule has 94 valence electrons. The van der Waals surface area contributed by atoms with Crippen molar-refractivity contribution in [2.24, 2.45) is 0 Å². The Morgan fingerprint density at radius 3 is 2.67 bits per heavy atom. The van der Waals surface area contributed by atoms with Crippen LogP contribution < -0.4 is 10.6 Å². The van der Waals surface area contributed by atoms with Crippen LogP contribution in [0.4, 0.5) is 5.69 Å². The summed E-state index contributed by atoms with van der Waals surface area (Å²) in [5.41, 5.74) is 0.714. The molecule has 0 saturated heterocycles. The number of hydrogen-bond donors (Lipinski definition) is 2. The van der Waals surface area contributed by atoms with Crippen LogP contribution in [-0.2, 0) is 4.79 Å². The van der Waals surface area contributed by atoms with Crippen LogP contribution in [0, 0.1) is 11.3 Å². The van der Waals surface area contributed by atoms with Crippen molar-refractivity contribution in [2.45, 2.75) is 13.3 Å². The average molecular weight is 308 g/mol. The first-order valence-corrected chi connectivity index (χ1v) is 6.37. The van der Waals surface area contributed by atoms with E-state index in [0.29, 0.717) is 5.69 Å². The second kappa shape index (κ2) is 7.51. The van der Waals surface area contributed by atoms with Crippen molar-refractivity contribution in [1.29, 1.82) is 5.26 Å². The summed E-state index contributed by atoms with van der Waals surface area (Å²) < 4.78 is 0.932. The normalized spacial score (nSPS) is 10.6. The molecular weight excluding hydrogens is 294 g/mol. The minimum Gasteiger partial charge on any atom is -0.390 e. The highest BCUT2D eigenvalue weighted by molar-refractivity contribution is 9.10. The van der Waals surface area contributed by atoms with Gasteiger partial charge in [-0.05, 0) is 30.7 Å². The molecule has 0 atom stereocenters. The number of nitrogens with zero attached hydrogens (tertiary/aromatic N) is 1. The summed E-state index contributed by atoms with van der Waals surface area (Å²) in [5.74, 6) is -0.413. The number of nitrogens with one attached hydrogen (secondary N) is 2. The molecule has 0 aliphatic carbocycles. The van der Waals surface area contributed by atoms with Crippen molar-refractivity contribution in [3.8, 4) is 6.07 Å². The summed E-state index contributed by atoms with van der Waals surface area (Å²) in [6.07, 6.45) is 2.38. The van der Waals surface area contributed by atoms with E-state index in [1.165, 1.54) is 6.20 Å². The van der Waals surface area contributed by atoms with E-state index in [2.05, 4.69) is 26.6 Å². The van der Waals surface area contributed by atoms with Crippen molar-refractivity contribution < 1.29 is 4.79 Å². The number of benzene rings is 1. The summed E-state index contributed by atoms with van der Waals surface area (Å²) in [6, 6.07) is 9.03. The molecule has 0 bridgehead atoms. The first-order chi connectivity index (χ1) is 8.67. The third-order valence-corrected chi connectivity index (χ3v) is 2.64. The molecule has 0 aliphatic heterocycles. The highest BCUT2D eigenvalue weighted by Crippen LogP contribution is 2.14. The molecule has 0 spiro atoms. The zero-order chi connectivity index (χ0) is 13.4. The Morgan fingerprint density at radius 2 is 2.11 bits per heavy atom. The van der Waals surface area contributed by atoms with E-state index in [1.54, 1.807) is 12.1 Å². The van der Waals surface area contributed by atoms with E-state index in [0.717, 1.165) is 17.4 Å². The van der Waals surface area contributed by atoms with Crippen LogP contribution in [0.2, 0.25) is 0 Å². The van der Waals surface area contributed by atoms with Gasteiger partial charge in [-0.15, -0.1) is 0 Å². The molecule has 0 unspecified atom stereocenters. The van der Waals surface area contributed by atoms with Crippen LogP contribution >= 0.6 is 15.9 Å². The summed E-state index contributed by atoms with van der Waals surface area (Å²) in [5, 5.41) is 14.5. The number of nitriles is 1. The molecule has 0 fully saturated rings. The van der Waals surface area contributed by atoms with Gasteiger partial charge in [0.2, 0.25) is 0 Å². The average Bonchev–Trinajstić information content (AvgIpc) is 2.37. The number of hydrogen-bond acceptors (Lipinski definition) is 3. The zero-order valence-electron chi connectivity index (χ0n) is 10.0. The van der Waals surface area contributed by atoms with Gasteiger partial charge in [-0.2, -0.15) is 5.26 Å². The first kappa shape index (κ1) is 14.3. The number of anilines is 1. The van der Waals surface area contributed by atoms with Crippen molar-refractivity contribution in [3.63, 3.8) is 0 Å². The van der Waals surface area contributed by atoms with Gasteiger partial charge in [0, 0.05) is 22.9 Å². The van der Waals surface area contributed by atoms with E-state index in [1.807, 2.05) is 25.1 Å². The van der Waals surface area contributed by atoms with E-state index >= 15 is 0 Å². The monoisotopic (exact) mass is 307 g/mol. The first-order valence-electron chi connectivity index (χ1n) is 5.58. The molecule has 0 saturated carbocycles. The largest absolute Gasteiger partial charge is 0.390 e. The molecular formula is C13H14BrN3O. The maximum absolute atomic E-state index is 11.8. The molecule has 0 aliphatic rings. The SMILES string of the molecule is CCCN/C=C(/C#N)C(=O)Nc1ccc(Br)cc1. The lowest BCUT2D eigenvalue weighted by molar-refractivity contribution is -0.112. The lowest BCUT2D eigenvalue weighted by atomic mass is 10.2. The number of rotatable bonds is 5. The predicted octanol–water partition coefficient (Wildman–Crippen LogP) is 2.79. The topological polar surface area (TPSA) is 64.9 Å². The second-order valence-corrected chi connectivity index (χ2v) is 4.50. The van der Waals surface area contributed by atoms with Crippen LogP contribution in [-0.4, -0.2) is 12.5 Å². The van der Waals surface area contributed by atoms with Crippen LogP contribution in [0.25, 0.3) is 0 Å². The molecule has 4 nitrogen and oxygen atoms in total. The van der Waals surface area contributed by atoms with Crippen molar-refractivity contribution in [1.82, 2.24) is 5.32 Å². The molecule has 0 heterocycles. The quantitative estimate of drug-likeness (QED) is 0.499. The maximum Gasteiger partial charge on any atom is 0.267 e. The Kier molecular flexibility index (Phi) is 5.95. The smallest absolute Gasteiger partial charge is 0.267 e. The van der Waals surface area contributed by atoms with Crippen LogP contribution in [0.15, 0.2) is 40.5 Å². The molecule has 18 heavy (non-hydrogen) atoms. The zero-order valence-corrected chi connectivity index (χ0v) is 11.6. The van der Waals surface area contributed by atoms with Gasteiger partial charge >= 0.3 is 0 Å². The minimum absolute atomic E-state index is 0.0615. The third-order valence-electron chi connectivity index (χ3n) is 2.11. The van der Waals surface area contributed by atoms with Gasteiger partial charge in [0.15, 0.2) is 0 Å². The Bertz CT molecular complexity index is 474. The van der Waals surface area contributed by atoms with Gasteiger partial charge < -0.3 is 10.6 Å². The minimum atomic E-state index is -0.413. The van der Waals surface area contributed by atoms with Gasteiger partial charge in [0.25, 0.3) is 5.91 Å². The van der Waals surface area contributed by atoms with Gasteiger partial charge in [-0.3, -0.25) is 4.79 Å². The van der Waals surface area contributed by atoms with E-state index in [4.69, 9.17) is 5.26 Å². The Hall–Kier alpha value is -1.80. The highest BCUT2D eigenvalue weighted by Gasteiger charge is 2.08. The van der Waals surface area contributed by atoms with E-state index < -0.39 is 5.91 Å². The highest BCUT2D eigenvalue weighted by atomic mass is 79.9. The Balaban J connectivity index is 2.66. The molecule has 0 aromatic heterocycles. The standard InChI is InChI=1S/C13H14BrN3O/c1-2-7-16-9-10(8-15)13(18)17-12-5-3-11(14)4-6-12/h3-6,9,16H,2,7H2,1H3,(H,17,18)/b10-9-. The molecule has 0 radical (unpaired) electrons. The Labute approximate surface area is 115 Å². The fourth-order valence-corrected chi connectivity index (χ4v) is 1.46. The van der Waals surface area contributed by atoms with Gasteiger partial charge in [0.05, 0.1) is 0 Å². The van der Waals surface area contributed by atoms with Crippen molar-refractivity contribution >= 4 is 27.5 Å². The van der Waals surface area contributed by atoms with Crippen LogP contribution in [0.1, 0.15) is 13.3 Å². The van der Waals surface area contributed by atoms with Crippen molar-refractivity contribution in [2.75, 3.05) is 11.9 Å². The fraction of sp³-hybridized carbons (Fsp3) is 0.231. The van der Waals surface area contributed by atoms with Gasteiger partial charge in [0.1, 0.15) is 11.6 Å². The summed E-state index contributed by atoms with van der Waals surface area (Å²) >= 11 is 3.31. The second-order valence-electron chi connectivity index (χ2n) is 3.58. The molecule has 1 rings (SSSR count). The third kappa shape index (κ3) is 4.60. The van der Waals surface area contributed by atoms with E-state index in [-0.39, 0.29) is 5.57 Å². The van der Waals surface area contributed by atoms with Crippen LogP contribution in [0.3, 0.4) is 0 Å². The van der Waals surface area contributed by atoms with Gasteiger partial charge in [-0.1, -0.05) is 22.9 Å².